The number of nitrogen functional groups attached to an aromatic ring is 1. The van der Waals surface area contributed by atoms with Gasteiger partial charge in [0, 0.05) is 12.1 Å². The zero-order valence-electron chi connectivity index (χ0n) is 11.7. The molecule has 1 heterocycles. The van der Waals surface area contributed by atoms with Crippen molar-refractivity contribution in [3.8, 4) is 0 Å². The van der Waals surface area contributed by atoms with E-state index in [1.165, 1.54) is 5.56 Å². The van der Waals surface area contributed by atoms with Gasteiger partial charge in [-0.1, -0.05) is 42.5 Å². The molecule has 106 valence electrons. The Morgan fingerprint density at radius 2 is 1.62 bits per heavy atom. The fraction of sp³-hybridized carbons (Fsp3) is 0.188. The molecule has 0 aliphatic rings. The lowest BCUT2D eigenvalue weighted by atomic mass is 10.1. The summed E-state index contributed by atoms with van der Waals surface area (Å²) in [7, 11) is 0. The third kappa shape index (κ3) is 3.45. The van der Waals surface area contributed by atoms with Gasteiger partial charge in [-0.15, -0.1) is 5.10 Å². The van der Waals surface area contributed by atoms with E-state index in [2.05, 4.69) is 27.7 Å². The highest BCUT2D eigenvalue weighted by molar-refractivity contribution is 5.39. The fourth-order valence-corrected chi connectivity index (χ4v) is 2.22. The molecule has 5 nitrogen and oxygen atoms in total. The molecular weight excluding hydrogens is 262 g/mol. The Morgan fingerprint density at radius 3 is 2.38 bits per heavy atom. The van der Waals surface area contributed by atoms with Crippen LogP contribution < -0.4 is 5.73 Å². The van der Waals surface area contributed by atoms with E-state index in [1.807, 2.05) is 47.1 Å². The fourth-order valence-electron chi connectivity index (χ4n) is 2.22. The number of benzene rings is 2. The van der Waals surface area contributed by atoms with Crippen molar-refractivity contribution in [3.05, 3.63) is 71.5 Å². The molecule has 21 heavy (non-hydrogen) atoms. The highest BCUT2D eigenvalue weighted by atomic mass is 15.5. The molecule has 0 bridgehead atoms. The molecule has 0 amide bonds. The first-order chi connectivity index (χ1) is 10.3. The first-order valence-corrected chi connectivity index (χ1v) is 6.94. The van der Waals surface area contributed by atoms with E-state index in [-0.39, 0.29) is 0 Å². The summed E-state index contributed by atoms with van der Waals surface area (Å²) < 4.78 is 1.84. The van der Waals surface area contributed by atoms with Crippen LogP contribution in [0.25, 0.3) is 0 Å². The van der Waals surface area contributed by atoms with Crippen LogP contribution in [0.15, 0.2) is 54.6 Å². The Bertz CT molecular complexity index is 688. The van der Waals surface area contributed by atoms with Crippen LogP contribution in [-0.4, -0.2) is 20.2 Å². The van der Waals surface area contributed by atoms with Gasteiger partial charge < -0.3 is 5.73 Å². The lowest BCUT2D eigenvalue weighted by Gasteiger charge is -2.05. The van der Waals surface area contributed by atoms with Gasteiger partial charge in [0.1, 0.15) is 0 Å². The minimum atomic E-state index is 0.664. The third-order valence-electron chi connectivity index (χ3n) is 3.40. The van der Waals surface area contributed by atoms with Gasteiger partial charge in [-0.2, -0.15) is 0 Å². The summed E-state index contributed by atoms with van der Waals surface area (Å²) in [5, 5.41) is 12.0. The number of nitrogens with zero attached hydrogens (tertiary/aromatic N) is 4. The van der Waals surface area contributed by atoms with Crippen molar-refractivity contribution in [3.63, 3.8) is 0 Å². The molecule has 0 aliphatic carbocycles. The van der Waals surface area contributed by atoms with E-state index in [4.69, 9.17) is 5.73 Å². The van der Waals surface area contributed by atoms with Gasteiger partial charge in [0.25, 0.3) is 0 Å². The lowest BCUT2D eigenvalue weighted by Crippen LogP contribution is -2.08. The van der Waals surface area contributed by atoms with E-state index in [0.717, 1.165) is 29.9 Å². The number of aromatic nitrogens is 4. The predicted octanol–water partition coefficient (Wildman–Crippen LogP) is 2.09. The zero-order chi connectivity index (χ0) is 14.5. The second-order valence-electron chi connectivity index (χ2n) is 4.98. The largest absolute Gasteiger partial charge is 0.399 e. The molecule has 2 aromatic carbocycles. The highest BCUT2D eigenvalue weighted by Crippen LogP contribution is 2.09. The summed E-state index contributed by atoms with van der Waals surface area (Å²) in [6.07, 6.45) is 1.76. The summed E-state index contributed by atoms with van der Waals surface area (Å²) in [5.74, 6) is 0.899. The molecule has 0 radical (unpaired) electrons. The van der Waals surface area contributed by atoms with Crippen molar-refractivity contribution in [1.82, 2.24) is 20.2 Å². The van der Waals surface area contributed by atoms with Crippen molar-refractivity contribution < 1.29 is 0 Å². The average Bonchev–Trinajstić information content (AvgIpc) is 2.96. The highest BCUT2D eigenvalue weighted by Gasteiger charge is 2.07. The Labute approximate surface area is 123 Å². The first-order valence-electron chi connectivity index (χ1n) is 6.94. The number of nitrogens with two attached hydrogens (primary N) is 1. The van der Waals surface area contributed by atoms with Crippen molar-refractivity contribution in [2.24, 2.45) is 0 Å². The van der Waals surface area contributed by atoms with E-state index >= 15 is 0 Å². The first kappa shape index (κ1) is 13.3. The van der Waals surface area contributed by atoms with Crippen LogP contribution in [0.3, 0.4) is 0 Å². The Kier molecular flexibility index (Phi) is 3.91. The summed E-state index contributed by atoms with van der Waals surface area (Å²) in [6.45, 7) is 0.664. The monoisotopic (exact) mass is 279 g/mol. The molecule has 0 unspecified atom stereocenters. The molecule has 2 N–H and O–H groups in total. The Balaban J connectivity index is 1.68. The van der Waals surface area contributed by atoms with Crippen LogP contribution in [0.2, 0.25) is 0 Å². The van der Waals surface area contributed by atoms with Crippen molar-refractivity contribution in [2.45, 2.75) is 19.4 Å². The molecule has 0 aliphatic heterocycles. The molecule has 3 aromatic rings. The lowest BCUT2D eigenvalue weighted by molar-refractivity contribution is 0.615. The second kappa shape index (κ2) is 6.17. The zero-order valence-corrected chi connectivity index (χ0v) is 11.7. The van der Waals surface area contributed by atoms with E-state index in [1.54, 1.807) is 0 Å². The number of tetrazole rings is 1. The van der Waals surface area contributed by atoms with E-state index in [9.17, 15) is 0 Å². The normalized spacial score (nSPS) is 10.7. The molecule has 0 saturated carbocycles. The van der Waals surface area contributed by atoms with Gasteiger partial charge in [0.15, 0.2) is 5.82 Å². The molecule has 5 heteroatoms. The maximum Gasteiger partial charge on any atom is 0.151 e. The number of hydrogen-bond donors (Lipinski definition) is 1. The van der Waals surface area contributed by atoms with Crippen LogP contribution >= 0.6 is 0 Å². The number of anilines is 1. The van der Waals surface area contributed by atoms with Crippen molar-refractivity contribution >= 4 is 5.69 Å². The van der Waals surface area contributed by atoms with Crippen LogP contribution in [0.1, 0.15) is 17.0 Å². The van der Waals surface area contributed by atoms with Crippen molar-refractivity contribution in [1.29, 1.82) is 0 Å². The molecule has 3 rings (SSSR count). The van der Waals surface area contributed by atoms with Crippen LogP contribution in [0.4, 0.5) is 5.69 Å². The second-order valence-corrected chi connectivity index (χ2v) is 4.98. The number of aryl methyl sites for hydroxylation is 2. The van der Waals surface area contributed by atoms with Crippen LogP contribution in [0.5, 0.6) is 0 Å². The molecule has 0 atom stereocenters. The SMILES string of the molecule is Nc1ccc(Cn2nnnc2CCc2ccccc2)cc1. The van der Waals surface area contributed by atoms with Gasteiger partial charge in [-0.05, 0) is 40.1 Å². The molecule has 1 aromatic heterocycles. The van der Waals surface area contributed by atoms with Gasteiger partial charge in [0.2, 0.25) is 0 Å². The average molecular weight is 279 g/mol. The summed E-state index contributed by atoms with van der Waals surface area (Å²) in [6, 6.07) is 18.1. The van der Waals surface area contributed by atoms with Crippen LogP contribution in [0, 0.1) is 0 Å². The Hall–Kier alpha value is -2.69. The minimum absolute atomic E-state index is 0.664. The maximum atomic E-state index is 5.69. The molecule has 0 saturated heterocycles. The molecule has 0 fully saturated rings. The van der Waals surface area contributed by atoms with Gasteiger partial charge in [-0.3, -0.25) is 0 Å². The number of hydrogen-bond acceptors (Lipinski definition) is 4. The van der Waals surface area contributed by atoms with E-state index < -0.39 is 0 Å². The minimum Gasteiger partial charge on any atom is -0.399 e. The maximum absolute atomic E-state index is 5.69. The van der Waals surface area contributed by atoms with Gasteiger partial charge in [0.05, 0.1) is 6.54 Å². The standard InChI is InChI=1S/C16H17N5/c17-15-9-6-14(7-10-15)12-21-16(18-19-20-21)11-8-13-4-2-1-3-5-13/h1-7,9-10H,8,11-12,17H2. The van der Waals surface area contributed by atoms with Crippen molar-refractivity contribution in [2.75, 3.05) is 5.73 Å². The topological polar surface area (TPSA) is 69.6 Å². The molecule has 0 spiro atoms. The third-order valence-corrected chi connectivity index (χ3v) is 3.40. The summed E-state index contributed by atoms with van der Waals surface area (Å²) in [5.41, 5.74) is 8.89. The predicted molar refractivity (Wildman–Crippen MR) is 81.6 cm³/mol. The Morgan fingerprint density at radius 1 is 0.857 bits per heavy atom. The summed E-state index contributed by atoms with van der Waals surface area (Å²) >= 11 is 0. The number of rotatable bonds is 5. The smallest absolute Gasteiger partial charge is 0.151 e. The summed E-state index contributed by atoms with van der Waals surface area (Å²) in [4.78, 5) is 0. The van der Waals surface area contributed by atoms with Gasteiger partial charge in [-0.25, -0.2) is 4.68 Å². The van der Waals surface area contributed by atoms with Crippen LogP contribution in [-0.2, 0) is 19.4 Å². The quantitative estimate of drug-likeness (QED) is 0.726. The van der Waals surface area contributed by atoms with E-state index in [0.29, 0.717) is 6.54 Å². The van der Waals surface area contributed by atoms with Gasteiger partial charge >= 0.3 is 0 Å². The molecular formula is C16H17N5.